The first kappa shape index (κ1) is 18.0. The zero-order chi connectivity index (χ0) is 16.9. The smallest absolute Gasteiger partial charge is 0.306 e. The molecule has 0 radical (unpaired) electrons. The second-order valence-electron chi connectivity index (χ2n) is 5.47. The summed E-state index contributed by atoms with van der Waals surface area (Å²) >= 11 is 5.68. The Hall–Kier alpha value is -1.31. The third-order valence-corrected chi connectivity index (χ3v) is 4.18. The van der Waals surface area contributed by atoms with Crippen LogP contribution in [0.25, 0.3) is 0 Å². The maximum Gasteiger partial charge on any atom is 0.306 e. The first-order valence-corrected chi connectivity index (χ1v) is 9.66. The van der Waals surface area contributed by atoms with Crippen molar-refractivity contribution in [2.45, 2.75) is 25.5 Å². The molecule has 1 aromatic rings. The number of ether oxygens (including phenoxy) is 1. The van der Waals surface area contributed by atoms with E-state index in [2.05, 4.69) is 0 Å². The predicted octanol–water partition coefficient (Wildman–Crippen LogP) is 1.77. The fourth-order valence-electron chi connectivity index (χ4n) is 2.42. The molecule has 1 saturated heterocycles. The van der Waals surface area contributed by atoms with Crippen LogP contribution in [-0.2, 0) is 26.2 Å². The van der Waals surface area contributed by atoms with E-state index >= 15 is 0 Å². The summed E-state index contributed by atoms with van der Waals surface area (Å²) < 4.78 is 32.5. The number of amides is 1. The van der Waals surface area contributed by atoms with Gasteiger partial charge in [0.05, 0.1) is 12.4 Å². The second kappa shape index (κ2) is 7.99. The Kier molecular flexibility index (Phi) is 6.26. The van der Waals surface area contributed by atoms with Crippen LogP contribution in [0.4, 0.5) is 0 Å². The zero-order valence-corrected chi connectivity index (χ0v) is 14.5. The minimum Gasteiger partial charge on any atom is -0.383 e. The lowest BCUT2D eigenvalue weighted by Gasteiger charge is -2.25. The second-order valence-corrected chi connectivity index (χ2v) is 7.32. The Morgan fingerprint density at radius 2 is 2.09 bits per heavy atom. The number of carbonyl (C=O) groups is 1. The van der Waals surface area contributed by atoms with Crippen LogP contribution in [0, 0.1) is 0 Å². The number of hydrogen-bond acceptors (Lipinski definition) is 5. The van der Waals surface area contributed by atoms with Crippen LogP contribution in [0.1, 0.15) is 18.4 Å². The summed E-state index contributed by atoms with van der Waals surface area (Å²) in [5.41, 5.74) is 0.863. The topological polar surface area (TPSA) is 72.9 Å². The van der Waals surface area contributed by atoms with Crippen LogP contribution in [0.2, 0.25) is 0 Å². The summed E-state index contributed by atoms with van der Waals surface area (Å²) in [6.07, 6.45) is 2.98. The largest absolute Gasteiger partial charge is 0.383 e. The minimum absolute atomic E-state index is 0.0509. The van der Waals surface area contributed by atoms with Gasteiger partial charge in [0, 0.05) is 19.7 Å². The van der Waals surface area contributed by atoms with Gasteiger partial charge < -0.3 is 13.8 Å². The fraction of sp³-hybridized carbons (Fsp3) is 0.533. The first-order chi connectivity index (χ1) is 10.9. The quantitative estimate of drug-likeness (QED) is 0.546. The van der Waals surface area contributed by atoms with E-state index in [4.69, 9.17) is 20.5 Å². The normalized spacial score (nSPS) is 17.9. The fourth-order valence-corrected chi connectivity index (χ4v) is 3.05. The lowest BCUT2D eigenvalue weighted by Crippen LogP contribution is -2.37. The van der Waals surface area contributed by atoms with Gasteiger partial charge in [-0.3, -0.25) is 4.79 Å². The highest BCUT2D eigenvalue weighted by Crippen LogP contribution is 2.18. The number of carbonyl (C=O) groups excluding carboxylic acids is 1. The van der Waals surface area contributed by atoms with Crippen molar-refractivity contribution in [2.24, 2.45) is 0 Å². The predicted molar refractivity (Wildman–Crippen MR) is 87.0 cm³/mol. The van der Waals surface area contributed by atoms with Gasteiger partial charge >= 0.3 is 10.1 Å². The van der Waals surface area contributed by atoms with Gasteiger partial charge in [-0.1, -0.05) is 12.1 Å². The highest BCUT2D eigenvalue weighted by Gasteiger charge is 2.22. The average molecular weight is 362 g/mol. The molecule has 1 aliphatic heterocycles. The Morgan fingerprint density at radius 1 is 1.39 bits per heavy atom. The van der Waals surface area contributed by atoms with Gasteiger partial charge in [0.2, 0.25) is 5.91 Å². The Balaban J connectivity index is 2.01. The van der Waals surface area contributed by atoms with Gasteiger partial charge in [0.1, 0.15) is 11.6 Å². The lowest BCUT2D eigenvalue weighted by molar-refractivity contribution is -0.130. The monoisotopic (exact) mass is 361 g/mol. The number of nitrogens with zero attached hydrogens (tertiary/aromatic N) is 1. The molecular formula is C15H20ClNO5S. The molecule has 0 aromatic heterocycles. The first-order valence-electron chi connectivity index (χ1n) is 7.31. The van der Waals surface area contributed by atoms with E-state index in [1.807, 2.05) is 0 Å². The molecular weight excluding hydrogens is 342 g/mol. The molecule has 1 aromatic carbocycles. The lowest BCUT2D eigenvalue weighted by atomic mass is 10.1. The summed E-state index contributed by atoms with van der Waals surface area (Å²) in [5.74, 6) is 0.00589. The van der Waals surface area contributed by atoms with Gasteiger partial charge in [-0.15, -0.1) is 11.6 Å². The molecule has 23 heavy (non-hydrogen) atoms. The molecule has 6 nitrogen and oxygen atoms in total. The van der Waals surface area contributed by atoms with E-state index < -0.39 is 10.1 Å². The summed E-state index contributed by atoms with van der Waals surface area (Å²) in [5, 5.41) is 0. The third-order valence-electron chi connectivity index (χ3n) is 3.46. The minimum atomic E-state index is -3.54. The van der Waals surface area contributed by atoms with E-state index in [0.29, 0.717) is 13.1 Å². The van der Waals surface area contributed by atoms with Crippen LogP contribution in [0.3, 0.4) is 0 Å². The van der Waals surface area contributed by atoms with E-state index in [0.717, 1.165) is 31.3 Å². The molecule has 1 unspecified atom stereocenters. The standard InChI is InChI=1S/C15H20ClNO5S/c1-23(19,20)22-13-6-4-12(5-7-13)10-17(15(18)9-16)11-14-3-2-8-21-14/h4-7,14H,2-3,8-11H2,1H3. The van der Waals surface area contributed by atoms with Crippen LogP contribution in [0.15, 0.2) is 24.3 Å². The maximum atomic E-state index is 12.0. The summed E-state index contributed by atoms with van der Waals surface area (Å²) in [6, 6.07) is 6.58. The molecule has 1 heterocycles. The van der Waals surface area contributed by atoms with Crippen molar-refractivity contribution < 1.29 is 22.1 Å². The molecule has 1 fully saturated rings. The molecule has 0 bridgehead atoms. The zero-order valence-electron chi connectivity index (χ0n) is 12.9. The van der Waals surface area contributed by atoms with Gasteiger partial charge in [0.15, 0.2) is 0 Å². The third kappa shape index (κ3) is 6.01. The van der Waals surface area contributed by atoms with Crippen molar-refractivity contribution in [3.63, 3.8) is 0 Å². The number of rotatable bonds is 7. The molecule has 1 atom stereocenters. The van der Waals surface area contributed by atoms with Crippen molar-refractivity contribution in [2.75, 3.05) is 25.3 Å². The SMILES string of the molecule is CS(=O)(=O)Oc1ccc(CN(CC2CCCO2)C(=O)CCl)cc1. The van der Waals surface area contributed by atoms with Crippen molar-refractivity contribution >= 4 is 27.6 Å². The van der Waals surface area contributed by atoms with E-state index in [1.54, 1.807) is 29.2 Å². The number of hydrogen-bond donors (Lipinski definition) is 0. The highest BCUT2D eigenvalue weighted by molar-refractivity contribution is 7.86. The van der Waals surface area contributed by atoms with Crippen LogP contribution in [0.5, 0.6) is 5.75 Å². The molecule has 2 rings (SSSR count). The van der Waals surface area contributed by atoms with Gasteiger partial charge in [0.25, 0.3) is 0 Å². The van der Waals surface area contributed by atoms with E-state index in [1.165, 1.54) is 0 Å². The molecule has 0 spiro atoms. The van der Waals surface area contributed by atoms with Crippen LogP contribution in [-0.4, -0.2) is 50.6 Å². The van der Waals surface area contributed by atoms with Crippen molar-refractivity contribution in [1.82, 2.24) is 4.90 Å². The Morgan fingerprint density at radius 3 is 2.61 bits per heavy atom. The van der Waals surface area contributed by atoms with Crippen molar-refractivity contribution in [3.8, 4) is 5.75 Å². The highest BCUT2D eigenvalue weighted by atomic mass is 35.5. The number of benzene rings is 1. The summed E-state index contributed by atoms with van der Waals surface area (Å²) in [7, 11) is -3.54. The van der Waals surface area contributed by atoms with Gasteiger partial charge in [-0.25, -0.2) is 0 Å². The van der Waals surface area contributed by atoms with Crippen LogP contribution < -0.4 is 4.18 Å². The Labute approximate surface area is 141 Å². The number of alkyl halides is 1. The molecule has 128 valence electrons. The Bertz CT molecular complexity index is 626. The molecule has 1 amide bonds. The maximum absolute atomic E-state index is 12.0. The van der Waals surface area contributed by atoms with E-state index in [-0.39, 0.29) is 23.6 Å². The van der Waals surface area contributed by atoms with Crippen molar-refractivity contribution in [1.29, 1.82) is 0 Å². The molecule has 0 N–H and O–H groups in total. The summed E-state index contributed by atoms with van der Waals surface area (Å²) in [6.45, 7) is 1.63. The van der Waals surface area contributed by atoms with Gasteiger partial charge in [-0.2, -0.15) is 8.42 Å². The molecule has 8 heteroatoms. The van der Waals surface area contributed by atoms with Crippen LogP contribution >= 0.6 is 11.6 Å². The van der Waals surface area contributed by atoms with Gasteiger partial charge in [-0.05, 0) is 30.5 Å². The molecule has 0 saturated carbocycles. The molecule has 0 aliphatic carbocycles. The van der Waals surface area contributed by atoms with Crippen molar-refractivity contribution in [3.05, 3.63) is 29.8 Å². The number of halogens is 1. The molecule has 1 aliphatic rings. The summed E-state index contributed by atoms with van der Waals surface area (Å²) in [4.78, 5) is 13.7. The average Bonchev–Trinajstić information content (AvgIpc) is 2.99. The van der Waals surface area contributed by atoms with E-state index in [9.17, 15) is 13.2 Å².